The molecule has 0 rings (SSSR count). The SMILES string of the molecule is COCCS(=O)(=O)CC(C)C. The summed E-state index contributed by atoms with van der Waals surface area (Å²) < 4.78 is 26.9. The first-order chi connectivity index (χ1) is 4.98. The van der Waals surface area contributed by atoms with Gasteiger partial charge in [0.15, 0.2) is 9.84 Å². The van der Waals surface area contributed by atoms with Gasteiger partial charge in [-0.15, -0.1) is 0 Å². The van der Waals surface area contributed by atoms with Crippen molar-refractivity contribution in [1.29, 1.82) is 0 Å². The van der Waals surface area contributed by atoms with E-state index in [1.165, 1.54) is 7.11 Å². The third-order valence-corrected chi connectivity index (χ3v) is 3.15. The van der Waals surface area contributed by atoms with E-state index in [1.807, 2.05) is 13.8 Å². The maximum absolute atomic E-state index is 11.1. The van der Waals surface area contributed by atoms with Gasteiger partial charge >= 0.3 is 0 Å². The largest absolute Gasteiger partial charge is 0.384 e. The lowest BCUT2D eigenvalue weighted by Gasteiger charge is -2.05. The number of hydrogen-bond acceptors (Lipinski definition) is 3. The highest BCUT2D eigenvalue weighted by Crippen LogP contribution is 1.99. The van der Waals surface area contributed by atoms with Crippen LogP contribution in [0.3, 0.4) is 0 Å². The van der Waals surface area contributed by atoms with Gasteiger partial charge in [0.05, 0.1) is 18.1 Å². The van der Waals surface area contributed by atoms with Crippen LogP contribution in [0.1, 0.15) is 13.8 Å². The van der Waals surface area contributed by atoms with E-state index in [1.54, 1.807) is 0 Å². The Morgan fingerprint density at radius 2 is 1.91 bits per heavy atom. The Balaban J connectivity index is 3.82. The zero-order chi connectivity index (χ0) is 8.91. The molecule has 68 valence electrons. The van der Waals surface area contributed by atoms with Crippen LogP contribution < -0.4 is 0 Å². The summed E-state index contributed by atoms with van der Waals surface area (Å²) in [6, 6.07) is 0. The van der Waals surface area contributed by atoms with Gasteiger partial charge in [-0.3, -0.25) is 0 Å². The van der Waals surface area contributed by atoms with Gasteiger partial charge in [-0.1, -0.05) is 13.8 Å². The molecule has 0 atom stereocenters. The van der Waals surface area contributed by atoms with E-state index >= 15 is 0 Å². The summed E-state index contributed by atoms with van der Waals surface area (Å²) >= 11 is 0. The van der Waals surface area contributed by atoms with Crippen LogP contribution in [-0.2, 0) is 14.6 Å². The van der Waals surface area contributed by atoms with Gasteiger partial charge in [-0.05, 0) is 5.92 Å². The van der Waals surface area contributed by atoms with Crippen LogP contribution in [0.4, 0.5) is 0 Å². The lowest BCUT2D eigenvalue weighted by atomic mass is 10.3. The zero-order valence-electron chi connectivity index (χ0n) is 7.33. The fourth-order valence-electron chi connectivity index (χ4n) is 0.802. The molecule has 0 spiro atoms. The molecule has 0 aliphatic carbocycles. The normalized spacial score (nSPS) is 12.4. The quantitative estimate of drug-likeness (QED) is 0.625. The van der Waals surface area contributed by atoms with Crippen molar-refractivity contribution in [3.63, 3.8) is 0 Å². The average molecular weight is 180 g/mol. The summed E-state index contributed by atoms with van der Waals surface area (Å²) in [7, 11) is -1.36. The van der Waals surface area contributed by atoms with Crippen LogP contribution >= 0.6 is 0 Å². The molecular weight excluding hydrogens is 164 g/mol. The number of ether oxygens (including phenoxy) is 1. The van der Waals surface area contributed by atoms with E-state index < -0.39 is 9.84 Å². The van der Waals surface area contributed by atoms with Gasteiger partial charge < -0.3 is 4.74 Å². The summed E-state index contributed by atoms with van der Waals surface area (Å²) in [4.78, 5) is 0. The molecule has 11 heavy (non-hydrogen) atoms. The molecule has 0 aliphatic rings. The highest BCUT2D eigenvalue weighted by Gasteiger charge is 2.11. The molecular formula is C7H16O3S. The zero-order valence-corrected chi connectivity index (χ0v) is 8.15. The summed E-state index contributed by atoms with van der Waals surface area (Å²) in [5.74, 6) is 0.606. The van der Waals surface area contributed by atoms with Crippen molar-refractivity contribution in [2.75, 3.05) is 25.2 Å². The van der Waals surface area contributed by atoms with E-state index in [0.717, 1.165) is 0 Å². The van der Waals surface area contributed by atoms with E-state index in [4.69, 9.17) is 0 Å². The van der Waals surface area contributed by atoms with Crippen molar-refractivity contribution in [3.05, 3.63) is 0 Å². The number of sulfone groups is 1. The summed E-state index contributed by atoms with van der Waals surface area (Å²) in [6.45, 7) is 4.09. The molecule has 0 bridgehead atoms. The summed E-state index contributed by atoms with van der Waals surface area (Å²) in [6.07, 6.45) is 0. The van der Waals surface area contributed by atoms with E-state index in [2.05, 4.69) is 4.74 Å². The molecule has 0 aromatic rings. The van der Waals surface area contributed by atoms with Gasteiger partial charge in [0.1, 0.15) is 0 Å². The molecule has 0 heterocycles. The molecule has 0 N–H and O–H groups in total. The first-order valence-electron chi connectivity index (χ1n) is 3.67. The Labute approximate surface area is 68.7 Å². The minimum Gasteiger partial charge on any atom is -0.384 e. The van der Waals surface area contributed by atoms with Crippen LogP contribution in [0.5, 0.6) is 0 Å². The monoisotopic (exact) mass is 180 g/mol. The third kappa shape index (κ3) is 6.31. The van der Waals surface area contributed by atoms with Crippen molar-refractivity contribution in [2.24, 2.45) is 5.92 Å². The maximum atomic E-state index is 11.1. The van der Waals surface area contributed by atoms with Gasteiger partial charge in [0.25, 0.3) is 0 Å². The molecule has 0 fully saturated rings. The first kappa shape index (κ1) is 10.9. The van der Waals surface area contributed by atoms with Gasteiger partial charge in [-0.2, -0.15) is 0 Å². The van der Waals surface area contributed by atoms with Crippen LogP contribution in [0.25, 0.3) is 0 Å². The third-order valence-electron chi connectivity index (χ3n) is 1.19. The van der Waals surface area contributed by atoms with Crippen LogP contribution in [0.15, 0.2) is 0 Å². The molecule has 3 nitrogen and oxygen atoms in total. The Hall–Kier alpha value is -0.0900. The fourth-order valence-corrected chi connectivity index (χ4v) is 2.40. The van der Waals surface area contributed by atoms with Crippen molar-refractivity contribution in [2.45, 2.75) is 13.8 Å². The van der Waals surface area contributed by atoms with Gasteiger partial charge in [0.2, 0.25) is 0 Å². The summed E-state index contributed by atoms with van der Waals surface area (Å²) in [5.41, 5.74) is 0. The van der Waals surface area contributed by atoms with E-state index in [-0.39, 0.29) is 17.4 Å². The second-order valence-corrected chi connectivity index (χ2v) is 5.23. The van der Waals surface area contributed by atoms with Gasteiger partial charge in [0, 0.05) is 7.11 Å². The minimum absolute atomic E-state index is 0.141. The Bertz CT molecular complexity index is 182. The molecule has 0 saturated carbocycles. The number of rotatable bonds is 5. The molecule has 0 radical (unpaired) electrons. The molecule has 0 aliphatic heterocycles. The smallest absolute Gasteiger partial charge is 0.152 e. The predicted molar refractivity (Wildman–Crippen MR) is 45.4 cm³/mol. The van der Waals surface area contributed by atoms with Crippen LogP contribution in [0, 0.1) is 5.92 Å². The number of hydrogen-bond donors (Lipinski definition) is 0. The lowest BCUT2D eigenvalue weighted by molar-refractivity contribution is 0.217. The highest BCUT2D eigenvalue weighted by molar-refractivity contribution is 7.91. The summed E-state index contributed by atoms with van der Waals surface area (Å²) in [5, 5.41) is 0. The van der Waals surface area contributed by atoms with Crippen LogP contribution in [-0.4, -0.2) is 33.6 Å². The molecule has 0 aromatic heterocycles. The first-order valence-corrected chi connectivity index (χ1v) is 5.49. The van der Waals surface area contributed by atoms with Gasteiger partial charge in [-0.25, -0.2) is 8.42 Å². The average Bonchev–Trinajstić information content (AvgIpc) is 1.81. The fraction of sp³-hybridized carbons (Fsp3) is 1.00. The maximum Gasteiger partial charge on any atom is 0.152 e. The second kappa shape index (κ2) is 4.72. The van der Waals surface area contributed by atoms with Crippen molar-refractivity contribution >= 4 is 9.84 Å². The molecule has 0 amide bonds. The molecule has 4 heteroatoms. The Kier molecular flexibility index (Phi) is 4.68. The Morgan fingerprint density at radius 1 is 1.36 bits per heavy atom. The Morgan fingerprint density at radius 3 is 2.27 bits per heavy atom. The lowest BCUT2D eigenvalue weighted by Crippen LogP contribution is -2.18. The molecule has 0 saturated heterocycles. The number of methoxy groups -OCH3 is 1. The standard InChI is InChI=1S/C7H16O3S/c1-7(2)6-11(8,9)5-4-10-3/h7H,4-6H2,1-3H3. The topological polar surface area (TPSA) is 43.4 Å². The van der Waals surface area contributed by atoms with E-state index in [9.17, 15) is 8.42 Å². The minimum atomic E-state index is -2.87. The van der Waals surface area contributed by atoms with Crippen molar-refractivity contribution < 1.29 is 13.2 Å². The van der Waals surface area contributed by atoms with Crippen molar-refractivity contribution in [1.82, 2.24) is 0 Å². The highest BCUT2D eigenvalue weighted by atomic mass is 32.2. The molecule has 0 aromatic carbocycles. The van der Waals surface area contributed by atoms with Crippen LogP contribution in [0.2, 0.25) is 0 Å². The molecule has 0 unspecified atom stereocenters. The predicted octanol–water partition coefficient (Wildman–Crippen LogP) is 0.704. The van der Waals surface area contributed by atoms with E-state index in [0.29, 0.717) is 6.61 Å². The van der Waals surface area contributed by atoms with Crippen molar-refractivity contribution in [3.8, 4) is 0 Å². The second-order valence-electron chi connectivity index (χ2n) is 3.00.